The number of thiocarbonyl (C=S) groups is 1. The van der Waals surface area contributed by atoms with Gasteiger partial charge in [-0.25, -0.2) is 0 Å². The van der Waals surface area contributed by atoms with Crippen LogP contribution in [0.5, 0.6) is 5.75 Å². The molecule has 1 atom stereocenters. The van der Waals surface area contributed by atoms with Crippen molar-refractivity contribution < 1.29 is 9.53 Å². The van der Waals surface area contributed by atoms with Crippen LogP contribution in [0.4, 0.5) is 0 Å². The van der Waals surface area contributed by atoms with Crippen molar-refractivity contribution in [3.63, 3.8) is 0 Å². The third kappa shape index (κ3) is 4.31. The van der Waals surface area contributed by atoms with Gasteiger partial charge in [-0.3, -0.25) is 4.79 Å². The molecular formula is C19H27N3O2S. The number of para-hydroxylation sites is 1. The molecule has 2 rings (SSSR count). The lowest BCUT2D eigenvalue weighted by Gasteiger charge is -2.33. The van der Waals surface area contributed by atoms with Gasteiger partial charge in [0.25, 0.3) is 5.91 Å². The van der Waals surface area contributed by atoms with E-state index in [9.17, 15) is 4.79 Å². The van der Waals surface area contributed by atoms with Crippen molar-refractivity contribution in [1.29, 1.82) is 0 Å². The average Bonchev–Trinajstić information content (AvgIpc) is 2.55. The predicted octanol–water partition coefficient (Wildman–Crippen LogP) is 3.14. The Morgan fingerprint density at radius 1 is 1.28 bits per heavy atom. The lowest BCUT2D eigenvalue weighted by molar-refractivity contribution is -0.127. The third-order valence-electron chi connectivity index (χ3n) is 4.14. The number of likely N-dealkylation sites (N-methyl/N-ethyl adjacent to an activating group) is 1. The highest BCUT2D eigenvalue weighted by Gasteiger charge is 2.33. The first-order valence-corrected chi connectivity index (χ1v) is 9.12. The van der Waals surface area contributed by atoms with Crippen molar-refractivity contribution >= 4 is 23.2 Å². The molecule has 1 amide bonds. The predicted molar refractivity (Wildman–Crippen MR) is 104 cm³/mol. The van der Waals surface area contributed by atoms with Gasteiger partial charge in [-0.1, -0.05) is 18.2 Å². The standard InChI is InChI=1S/C19H27N3O2S/c1-6-22(7-2)18(23)16-13(5)20-19(25)21-17(16)14-10-8-9-11-15(14)24-12(3)4/h8-12,17H,6-7H2,1-5H3,(H2,20,21,25). The highest BCUT2D eigenvalue weighted by Crippen LogP contribution is 2.34. The number of nitrogens with one attached hydrogen (secondary N) is 2. The maximum absolute atomic E-state index is 13.1. The first kappa shape index (κ1) is 19.2. The van der Waals surface area contributed by atoms with Gasteiger partial charge >= 0.3 is 0 Å². The molecule has 0 saturated heterocycles. The normalized spacial score (nSPS) is 17.2. The Balaban J connectivity index is 2.52. The van der Waals surface area contributed by atoms with Gasteiger partial charge in [-0.05, 0) is 52.9 Å². The fourth-order valence-electron chi connectivity index (χ4n) is 2.97. The third-order valence-corrected chi connectivity index (χ3v) is 4.36. The van der Waals surface area contributed by atoms with Gasteiger partial charge in [0.05, 0.1) is 17.7 Å². The highest BCUT2D eigenvalue weighted by atomic mass is 32.1. The molecule has 1 heterocycles. The summed E-state index contributed by atoms with van der Waals surface area (Å²) in [6.45, 7) is 11.1. The average molecular weight is 362 g/mol. The minimum atomic E-state index is -0.336. The van der Waals surface area contributed by atoms with Crippen LogP contribution in [0, 0.1) is 0 Å². The van der Waals surface area contributed by atoms with Gasteiger partial charge < -0.3 is 20.3 Å². The summed E-state index contributed by atoms with van der Waals surface area (Å²) >= 11 is 5.33. The molecule has 136 valence electrons. The Bertz CT molecular complexity index is 681. The quantitative estimate of drug-likeness (QED) is 0.763. The Labute approximate surface area is 155 Å². The van der Waals surface area contributed by atoms with Crippen LogP contribution in [-0.2, 0) is 4.79 Å². The number of hydrogen-bond acceptors (Lipinski definition) is 3. The summed E-state index contributed by atoms with van der Waals surface area (Å²) in [4.78, 5) is 14.9. The van der Waals surface area contributed by atoms with E-state index in [1.165, 1.54) is 0 Å². The van der Waals surface area contributed by atoms with Crippen molar-refractivity contribution in [2.45, 2.75) is 46.8 Å². The van der Waals surface area contributed by atoms with Crippen molar-refractivity contribution in [2.75, 3.05) is 13.1 Å². The van der Waals surface area contributed by atoms with E-state index in [4.69, 9.17) is 17.0 Å². The highest BCUT2D eigenvalue weighted by molar-refractivity contribution is 7.80. The van der Waals surface area contributed by atoms with E-state index < -0.39 is 0 Å². The monoisotopic (exact) mass is 361 g/mol. The summed E-state index contributed by atoms with van der Waals surface area (Å²) in [6, 6.07) is 7.45. The smallest absolute Gasteiger partial charge is 0.253 e. The first-order valence-electron chi connectivity index (χ1n) is 8.72. The summed E-state index contributed by atoms with van der Waals surface area (Å²) < 4.78 is 5.96. The topological polar surface area (TPSA) is 53.6 Å². The zero-order valence-electron chi connectivity index (χ0n) is 15.6. The Hall–Kier alpha value is -2.08. The van der Waals surface area contributed by atoms with Crippen LogP contribution >= 0.6 is 12.2 Å². The molecule has 25 heavy (non-hydrogen) atoms. The lowest BCUT2D eigenvalue weighted by atomic mass is 9.93. The number of carbonyl (C=O) groups excluding carboxylic acids is 1. The summed E-state index contributed by atoms with van der Waals surface area (Å²) in [5.74, 6) is 0.770. The molecule has 0 radical (unpaired) electrons. The molecule has 1 aliphatic rings. The van der Waals surface area contributed by atoms with Crippen molar-refractivity contribution in [2.24, 2.45) is 0 Å². The molecule has 1 aromatic rings. The van der Waals surface area contributed by atoms with Crippen LogP contribution in [0.2, 0.25) is 0 Å². The second kappa shape index (κ2) is 8.34. The van der Waals surface area contributed by atoms with Gasteiger partial charge in [0, 0.05) is 24.4 Å². The molecule has 2 N–H and O–H groups in total. The molecule has 1 aliphatic heterocycles. The number of amides is 1. The minimum Gasteiger partial charge on any atom is -0.491 e. The molecular weight excluding hydrogens is 334 g/mol. The van der Waals surface area contributed by atoms with Gasteiger partial charge in [0.1, 0.15) is 5.75 Å². The summed E-state index contributed by atoms with van der Waals surface area (Å²) in [5.41, 5.74) is 2.37. The molecule has 0 fully saturated rings. The van der Waals surface area contributed by atoms with Crippen molar-refractivity contribution in [3.05, 3.63) is 41.1 Å². The van der Waals surface area contributed by atoms with Gasteiger partial charge in [-0.15, -0.1) is 0 Å². The number of rotatable bonds is 6. The Kier molecular flexibility index (Phi) is 6.42. The largest absolute Gasteiger partial charge is 0.491 e. The molecule has 5 nitrogen and oxygen atoms in total. The zero-order chi connectivity index (χ0) is 18.6. The lowest BCUT2D eigenvalue weighted by Crippen LogP contribution is -2.47. The first-order chi connectivity index (χ1) is 11.9. The van der Waals surface area contributed by atoms with E-state index in [1.54, 1.807) is 0 Å². The van der Waals surface area contributed by atoms with Crippen LogP contribution in [0.1, 0.15) is 46.2 Å². The second-order valence-electron chi connectivity index (χ2n) is 6.25. The Morgan fingerprint density at radius 3 is 2.52 bits per heavy atom. The number of benzene rings is 1. The molecule has 6 heteroatoms. The maximum Gasteiger partial charge on any atom is 0.253 e. The summed E-state index contributed by atoms with van der Waals surface area (Å²) in [5, 5.41) is 6.84. The minimum absolute atomic E-state index is 0.00866. The van der Waals surface area contributed by atoms with E-state index in [2.05, 4.69) is 10.6 Å². The van der Waals surface area contributed by atoms with E-state index in [0.29, 0.717) is 23.8 Å². The molecule has 0 bridgehead atoms. The van der Waals surface area contributed by atoms with Gasteiger partial charge in [0.2, 0.25) is 0 Å². The van der Waals surface area contributed by atoms with E-state index >= 15 is 0 Å². The number of ether oxygens (including phenoxy) is 1. The summed E-state index contributed by atoms with van der Waals surface area (Å²) in [6.07, 6.45) is 0.0434. The SMILES string of the molecule is CCN(CC)C(=O)C1=C(C)NC(=S)NC1c1ccccc1OC(C)C. The number of allylic oxidation sites excluding steroid dienone is 1. The summed E-state index contributed by atoms with van der Waals surface area (Å²) in [7, 11) is 0. The fourth-order valence-corrected chi connectivity index (χ4v) is 3.24. The van der Waals surface area contributed by atoms with Crippen LogP contribution in [-0.4, -0.2) is 35.1 Å². The molecule has 1 aromatic carbocycles. The van der Waals surface area contributed by atoms with Crippen LogP contribution in [0.15, 0.2) is 35.5 Å². The number of nitrogens with zero attached hydrogens (tertiary/aromatic N) is 1. The van der Waals surface area contributed by atoms with Crippen LogP contribution in [0.25, 0.3) is 0 Å². The van der Waals surface area contributed by atoms with Crippen molar-refractivity contribution in [3.8, 4) is 5.75 Å². The fraction of sp³-hybridized carbons (Fsp3) is 0.474. The molecule has 0 aliphatic carbocycles. The maximum atomic E-state index is 13.1. The molecule has 1 unspecified atom stereocenters. The van der Waals surface area contributed by atoms with Crippen LogP contribution in [0.3, 0.4) is 0 Å². The van der Waals surface area contributed by atoms with E-state index in [0.717, 1.165) is 17.0 Å². The number of hydrogen-bond donors (Lipinski definition) is 2. The molecule has 0 spiro atoms. The molecule has 0 aromatic heterocycles. The van der Waals surface area contributed by atoms with Crippen molar-refractivity contribution in [1.82, 2.24) is 15.5 Å². The molecule has 0 saturated carbocycles. The van der Waals surface area contributed by atoms with Gasteiger partial charge in [0.15, 0.2) is 5.11 Å². The Morgan fingerprint density at radius 2 is 1.92 bits per heavy atom. The zero-order valence-corrected chi connectivity index (χ0v) is 16.4. The van der Waals surface area contributed by atoms with E-state index in [1.807, 2.05) is 63.8 Å². The van der Waals surface area contributed by atoms with Gasteiger partial charge in [-0.2, -0.15) is 0 Å². The second-order valence-corrected chi connectivity index (χ2v) is 6.66. The van der Waals surface area contributed by atoms with E-state index in [-0.39, 0.29) is 18.1 Å². The van der Waals surface area contributed by atoms with Crippen LogP contribution < -0.4 is 15.4 Å². The number of carbonyl (C=O) groups is 1.